The van der Waals surface area contributed by atoms with E-state index in [-0.39, 0.29) is 42.7 Å². The maximum atomic E-state index is 14.5. The van der Waals surface area contributed by atoms with Crippen LogP contribution >= 0.6 is 23.4 Å². The van der Waals surface area contributed by atoms with E-state index in [4.69, 9.17) is 16.3 Å². The third-order valence-electron chi connectivity index (χ3n) is 8.05. The van der Waals surface area contributed by atoms with Crippen molar-refractivity contribution in [3.8, 4) is 0 Å². The number of hydrogen-bond donors (Lipinski definition) is 1. The zero-order valence-corrected chi connectivity index (χ0v) is 22.9. The van der Waals surface area contributed by atoms with Crippen LogP contribution in [0, 0.1) is 17.8 Å². The highest BCUT2D eigenvalue weighted by Gasteiger charge is 2.77. The summed E-state index contributed by atoms with van der Waals surface area (Å²) in [5, 5.41) is 10.6. The van der Waals surface area contributed by atoms with Crippen LogP contribution in [0.3, 0.4) is 0 Å². The second kappa shape index (κ2) is 11.2. The van der Waals surface area contributed by atoms with Crippen LogP contribution in [0.25, 0.3) is 0 Å². The molecule has 1 spiro atoms. The van der Waals surface area contributed by atoms with E-state index in [0.717, 1.165) is 0 Å². The number of carbonyl (C=O) groups is 3. The number of aliphatic hydroxyl groups excluding tert-OH is 1. The second-order valence-electron chi connectivity index (χ2n) is 9.98. The molecule has 7 atom stereocenters. The normalized spacial score (nSPS) is 30.6. The van der Waals surface area contributed by atoms with Gasteiger partial charge in [0.25, 0.3) is 5.91 Å². The molecule has 7 nitrogen and oxygen atoms in total. The Kier molecular flexibility index (Phi) is 8.41. The van der Waals surface area contributed by atoms with Gasteiger partial charge in [0.05, 0.1) is 46.5 Å². The van der Waals surface area contributed by atoms with Crippen LogP contribution in [-0.4, -0.2) is 69.6 Å². The van der Waals surface area contributed by atoms with Crippen LogP contribution in [-0.2, 0) is 19.1 Å². The van der Waals surface area contributed by atoms with Gasteiger partial charge in [0.1, 0.15) is 6.04 Å². The summed E-state index contributed by atoms with van der Waals surface area (Å²) >= 11 is 8.09. The van der Waals surface area contributed by atoms with Crippen LogP contribution in [0.5, 0.6) is 0 Å². The Morgan fingerprint density at radius 3 is 2.70 bits per heavy atom. The molecular formula is C28H35ClN2O5S. The monoisotopic (exact) mass is 546 g/mol. The van der Waals surface area contributed by atoms with Crippen LogP contribution in [0.1, 0.15) is 33.1 Å². The minimum atomic E-state index is -0.866. The Morgan fingerprint density at radius 2 is 2.08 bits per heavy atom. The third-order valence-corrected chi connectivity index (χ3v) is 10.4. The number of aliphatic hydroxyl groups is 1. The SMILES string of the molecule is C=CCCOC(=O)[C@@H]1[C@@H]2CC(C)C3(S2)C(C(=O)N(CC=C)c2ccccc2Cl)N([C@@H](CC)CO)C(=O)[C@H]13. The smallest absolute Gasteiger partial charge is 0.310 e. The maximum Gasteiger partial charge on any atom is 0.310 e. The number of anilines is 1. The molecule has 1 aromatic carbocycles. The maximum absolute atomic E-state index is 14.5. The van der Waals surface area contributed by atoms with Crippen molar-refractivity contribution in [2.75, 3.05) is 24.7 Å². The van der Waals surface area contributed by atoms with Crippen molar-refractivity contribution in [3.05, 3.63) is 54.6 Å². The van der Waals surface area contributed by atoms with Crippen molar-refractivity contribution in [2.24, 2.45) is 17.8 Å². The topological polar surface area (TPSA) is 87.2 Å². The lowest BCUT2D eigenvalue weighted by Crippen LogP contribution is -2.59. The van der Waals surface area contributed by atoms with Gasteiger partial charge < -0.3 is 19.6 Å². The highest BCUT2D eigenvalue weighted by Crippen LogP contribution is 2.69. The summed E-state index contributed by atoms with van der Waals surface area (Å²) in [6, 6.07) is 5.66. The summed E-state index contributed by atoms with van der Waals surface area (Å²) in [7, 11) is 0. The van der Waals surface area contributed by atoms with Crippen molar-refractivity contribution in [1.29, 1.82) is 0 Å². The van der Waals surface area contributed by atoms with Gasteiger partial charge in [-0.3, -0.25) is 14.4 Å². The molecule has 0 saturated carbocycles. The molecule has 1 aromatic rings. The van der Waals surface area contributed by atoms with E-state index in [1.165, 1.54) is 0 Å². The van der Waals surface area contributed by atoms with Gasteiger partial charge >= 0.3 is 5.97 Å². The first-order valence-corrected chi connectivity index (χ1v) is 14.1. The largest absolute Gasteiger partial charge is 0.465 e. The molecule has 0 aromatic heterocycles. The molecule has 3 fully saturated rings. The van der Waals surface area contributed by atoms with Crippen LogP contribution in [0.15, 0.2) is 49.6 Å². The van der Waals surface area contributed by atoms with Crippen molar-refractivity contribution >= 4 is 46.8 Å². The number of ether oxygens (including phenoxy) is 1. The summed E-state index contributed by atoms with van der Waals surface area (Å²) < 4.78 is 4.74. The first-order valence-electron chi connectivity index (χ1n) is 12.8. The zero-order chi connectivity index (χ0) is 26.9. The fourth-order valence-corrected chi connectivity index (χ4v) is 9.04. The quantitative estimate of drug-likeness (QED) is 0.256. The molecule has 0 aliphatic carbocycles. The number of fused-ring (bicyclic) bond motifs is 1. The van der Waals surface area contributed by atoms with Crippen molar-refractivity contribution in [1.82, 2.24) is 4.90 Å². The summed E-state index contributed by atoms with van der Waals surface area (Å²) in [6.07, 6.45) is 5.01. The Bertz CT molecular complexity index is 1080. The second-order valence-corrected chi connectivity index (χ2v) is 11.9. The number of amides is 2. The van der Waals surface area contributed by atoms with Gasteiger partial charge in [0, 0.05) is 11.8 Å². The first kappa shape index (κ1) is 27.7. The zero-order valence-electron chi connectivity index (χ0n) is 21.3. The number of nitrogens with zero attached hydrogens (tertiary/aromatic N) is 2. The van der Waals surface area contributed by atoms with E-state index < -0.39 is 34.6 Å². The van der Waals surface area contributed by atoms with E-state index >= 15 is 0 Å². The van der Waals surface area contributed by atoms with Crippen molar-refractivity contribution < 1.29 is 24.2 Å². The molecule has 3 aliphatic heterocycles. The molecule has 0 radical (unpaired) electrons. The van der Waals surface area contributed by atoms with Crippen LogP contribution in [0.2, 0.25) is 5.02 Å². The fourth-order valence-electron chi connectivity index (χ4n) is 6.41. The number of thioether (sulfide) groups is 1. The molecule has 2 bridgehead atoms. The summed E-state index contributed by atoms with van der Waals surface area (Å²) in [4.78, 5) is 45.1. The average Bonchev–Trinajstić information content (AvgIpc) is 3.48. The van der Waals surface area contributed by atoms with Gasteiger partial charge in [-0.2, -0.15) is 0 Å². The van der Waals surface area contributed by atoms with Crippen LogP contribution < -0.4 is 4.90 Å². The molecule has 3 saturated heterocycles. The summed E-state index contributed by atoms with van der Waals surface area (Å²) in [6.45, 7) is 11.6. The van der Waals surface area contributed by atoms with Gasteiger partial charge in [0.15, 0.2) is 0 Å². The lowest BCUT2D eigenvalue weighted by Gasteiger charge is -2.42. The molecule has 37 heavy (non-hydrogen) atoms. The predicted octanol–water partition coefficient (Wildman–Crippen LogP) is 4.09. The molecule has 200 valence electrons. The molecule has 2 amide bonds. The number of halogens is 1. The molecule has 3 heterocycles. The molecule has 9 heteroatoms. The first-order chi connectivity index (χ1) is 17.8. The highest BCUT2D eigenvalue weighted by atomic mass is 35.5. The highest BCUT2D eigenvalue weighted by molar-refractivity contribution is 8.02. The minimum absolute atomic E-state index is 0.000602. The predicted molar refractivity (Wildman–Crippen MR) is 146 cm³/mol. The molecular weight excluding hydrogens is 512 g/mol. The summed E-state index contributed by atoms with van der Waals surface area (Å²) in [5.41, 5.74) is 0.531. The van der Waals surface area contributed by atoms with Crippen LogP contribution in [0.4, 0.5) is 5.69 Å². The Morgan fingerprint density at radius 1 is 1.35 bits per heavy atom. The van der Waals surface area contributed by atoms with E-state index in [9.17, 15) is 19.5 Å². The molecule has 1 N–H and O–H groups in total. The number of hydrogen-bond acceptors (Lipinski definition) is 6. The minimum Gasteiger partial charge on any atom is -0.465 e. The Hall–Kier alpha value is -2.29. The molecule has 3 unspecified atom stereocenters. The Labute approximate surface area is 227 Å². The number of likely N-dealkylation sites (tertiary alicyclic amines) is 1. The number of esters is 1. The van der Waals surface area contributed by atoms with Gasteiger partial charge in [0.2, 0.25) is 5.91 Å². The summed E-state index contributed by atoms with van der Waals surface area (Å²) in [5.74, 6) is -2.27. The van der Waals surface area contributed by atoms with Gasteiger partial charge in [-0.25, -0.2) is 0 Å². The van der Waals surface area contributed by atoms with Gasteiger partial charge in [-0.1, -0.05) is 49.7 Å². The van der Waals surface area contributed by atoms with E-state index in [1.807, 2.05) is 6.92 Å². The van der Waals surface area contributed by atoms with Gasteiger partial charge in [-0.05, 0) is 37.3 Å². The number of carbonyl (C=O) groups excluding carboxylic acids is 3. The van der Waals surface area contributed by atoms with Crippen molar-refractivity contribution in [3.63, 3.8) is 0 Å². The number of para-hydroxylation sites is 1. The third kappa shape index (κ3) is 4.41. The fraction of sp³-hybridized carbons (Fsp3) is 0.536. The average molecular weight is 547 g/mol. The molecule has 3 aliphatic rings. The molecule has 4 rings (SSSR count). The van der Waals surface area contributed by atoms with E-state index in [1.54, 1.807) is 58.0 Å². The van der Waals surface area contributed by atoms with E-state index in [2.05, 4.69) is 20.1 Å². The standard InChI is InChI=1S/C28H35ClN2O5S/c1-5-8-14-36-27(35)22-21-15-17(4)28(37-21)23(22)25(33)31(18(7-3)16-32)24(28)26(34)30(13-6-2)20-12-10-9-11-19(20)29/h5-6,9-12,17-18,21-24,32H,1-2,7-8,13-16H2,3-4H3/t17?,18-,21-,22+,23-,24?,28?/m0/s1. The van der Waals surface area contributed by atoms with E-state index in [0.29, 0.717) is 30.0 Å². The Balaban J connectivity index is 1.82. The van der Waals surface area contributed by atoms with Crippen molar-refractivity contribution in [2.45, 2.75) is 55.2 Å². The number of benzene rings is 1. The number of rotatable bonds is 11. The lowest BCUT2D eigenvalue weighted by molar-refractivity contribution is -0.154. The lowest BCUT2D eigenvalue weighted by atomic mass is 9.66. The van der Waals surface area contributed by atoms with Gasteiger partial charge in [-0.15, -0.1) is 24.9 Å².